The molecule has 5 atom stereocenters. The lowest BCUT2D eigenvalue weighted by Crippen LogP contribution is -2.50. The first-order chi connectivity index (χ1) is 13.6. The Hall–Kier alpha value is -2.74. The second-order valence-electron chi connectivity index (χ2n) is 8.02. The van der Waals surface area contributed by atoms with Crippen LogP contribution in [0.4, 0.5) is 21.8 Å². The maximum atomic E-state index is 14.4. The lowest BCUT2D eigenvalue weighted by molar-refractivity contribution is -0.123. The number of hydrogen-bond acceptors (Lipinski definition) is 6. The maximum absolute atomic E-state index is 14.4. The summed E-state index contributed by atoms with van der Waals surface area (Å²) in [5.74, 6) is -0.331. The number of rotatable bonds is 1. The van der Waals surface area contributed by atoms with Gasteiger partial charge in [-0.25, -0.2) is 9.37 Å². The minimum absolute atomic E-state index is 0.105. The zero-order valence-corrected chi connectivity index (χ0v) is 15.4. The zero-order valence-electron chi connectivity index (χ0n) is 15.4. The Morgan fingerprint density at radius 3 is 3.04 bits per heavy atom. The summed E-state index contributed by atoms with van der Waals surface area (Å²) in [5.41, 5.74) is 7.75. The van der Waals surface area contributed by atoms with Crippen molar-refractivity contribution in [2.75, 3.05) is 17.2 Å². The number of aromatic nitrogens is 2. The highest BCUT2D eigenvalue weighted by Crippen LogP contribution is 2.49. The summed E-state index contributed by atoms with van der Waals surface area (Å²) >= 11 is 0. The van der Waals surface area contributed by atoms with Crippen molar-refractivity contribution in [1.29, 1.82) is 0 Å². The van der Waals surface area contributed by atoms with Gasteiger partial charge < -0.3 is 21.7 Å². The van der Waals surface area contributed by atoms with Crippen molar-refractivity contribution < 1.29 is 9.18 Å². The monoisotopic (exact) mass is 382 g/mol. The van der Waals surface area contributed by atoms with Gasteiger partial charge in [0.05, 0.1) is 12.1 Å². The Kier molecular flexibility index (Phi) is 4.16. The van der Waals surface area contributed by atoms with Gasteiger partial charge in [-0.15, -0.1) is 0 Å². The van der Waals surface area contributed by atoms with Crippen LogP contribution >= 0.6 is 0 Å². The van der Waals surface area contributed by atoms with Crippen molar-refractivity contribution in [1.82, 2.24) is 15.3 Å². The molecule has 5 N–H and O–H groups in total. The number of nitrogens with two attached hydrogens (primary N) is 1. The third-order valence-electron chi connectivity index (χ3n) is 6.38. The fraction of sp³-hybridized carbons (Fsp3) is 0.450. The molecule has 28 heavy (non-hydrogen) atoms. The topological polar surface area (TPSA) is 105 Å². The number of primary amides is 1. The SMILES string of the molecule is NC(=O)C1C2CC3NCCc4cccc(c4)Nc4ncc(F)c(n4)NC1C3C2. The average Bonchev–Trinajstić information content (AvgIpc) is 3.22. The highest BCUT2D eigenvalue weighted by atomic mass is 19.1. The smallest absolute Gasteiger partial charge is 0.229 e. The molecule has 0 spiro atoms. The predicted molar refractivity (Wildman–Crippen MR) is 104 cm³/mol. The molecule has 5 unspecified atom stereocenters. The first-order valence-corrected chi connectivity index (χ1v) is 9.76. The van der Waals surface area contributed by atoms with Crippen LogP contribution in [0, 0.1) is 23.6 Å². The summed E-state index contributed by atoms with van der Waals surface area (Å²) in [6.07, 6.45) is 3.89. The Morgan fingerprint density at radius 2 is 2.18 bits per heavy atom. The molecule has 1 aromatic heterocycles. The largest absolute Gasteiger partial charge is 0.369 e. The number of benzene rings is 1. The Balaban J connectivity index is 1.54. The number of anilines is 3. The highest BCUT2D eigenvalue weighted by molar-refractivity contribution is 5.79. The number of hydrogen-bond donors (Lipinski definition) is 4. The number of nitrogens with zero attached hydrogens (tertiary/aromatic N) is 2. The number of nitrogens with one attached hydrogen (secondary N) is 3. The molecule has 7 nitrogen and oxygen atoms in total. The van der Waals surface area contributed by atoms with Gasteiger partial charge in [-0.1, -0.05) is 12.1 Å². The van der Waals surface area contributed by atoms with Gasteiger partial charge in [0.15, 0.2) is 11.6 Å². The van der Waals surface area contributed by atoms with E-state index in [0.717, 1.165) is 37.7 Å². The van der Waals surface area contributed by atoms with Crippen LogP contribution in [0.5, 0.6) is 0 Å². The maximum Gasteiger partial charge on any atom is 0.229 e. The molecule has 2 aromatic rings. The quantitative estimate of drug-likeness (QED) is 0.599. The molecule has 0 radical (unpaired) electrons. The number of fused-ring (bicyclic) bond motifs is 5. The van der Waals surface area contributed by atoms with E-state index in [1.807, 2.05) is 12.1 Å². The molecule has 2 saturated carbocycles. The fourth-order valence-electron chi connectivity index (χ4n) is 5.22. The van der Waals surface area contributed by atoms with E-state index >= 15 is 0 Å². The molecule has 2 aliphatic carbocycles. The Labute approximate surface area is 162 Å². The van der Waals surface area contributed by atoms with Crippen LogP contribution in [0.1, 0.15) is 18.4 Å². The molecule has 146 valence electrons. The predicted octanol–water partition coefficient (Wildman–Crippen LogP) is 1.80. The van der Waals surface area contributed by atoms with Crippen molar-refractivity contribution in [3.8, 4) is 0 Å². The minimum Gasteiger partial charge on any atom is -0.369 e. The van der Waals surface area contributed by atoms with Crippen LogP contribution in [-0.4, -0.2) is 34.5 Å². The van der Waals surface area contributed by atoms with E-state index in [2.05, 4.69) is 38.1 Å². The van der Waals surface area contributed by atoms with Gasteiger partial charge in [0.25, 0.3) is 0 Å². The molecule has 2 fully saturated rings. The second-order valence-corrected chi connectivity index (χ2v) is 8.02. The van der Waals surface area contributed by atoms with Gasteiger partial charge in [-0.2, -0.15) is 4.98 Å². The zero-order chi connectivity index (χ0) is 19.3. The first kappa shape index (κ1) is 17.4. The molecule has 0 saturated heterocycles. The second kappa shape index (κ2) is 6.70. The fourth-order valence-corrected chi connectivity index (χ4v) is 5.22. The van der Waals surface area contributed by atoms with E-state index < -0.39 is 5.82 Å². The third kappa shape index (κ3) is 2.97. The summed E-state index contributed by atoms with van der Waals surface area (Å²) in [5, 5.41) is 9.98. The summed E-state index contributed by atoms with van der Waals surface area (Å²) < 4.78 is 14.4. The summed E-state index contributed by atoms with van der Waals surface area (Å²) in [6.45, 7) is 0.849. The van der Waals surface area contributed by atoms with E-state index in [0.29, 0.717) is 5.95 Å². The summed E-state index contributed by atoms with van der Waals surface area (Å²) in [7, 11) is 0. The van der Waals surface area contributed by atoms with Gasteiger partial charge in [0.1, 0.15) is 0 Å². The van der Waals surface area contributed by atoms with Gasteiger partial charge in [-0.05, 0) is 55.3 Å². The lowest BCUT2D eigenvalue weighted by Gasteiger charge is -2.35. The van der Waals surface area contributed by atoms with Crippen LogP contribution < -0.4 is 21.7 Å². The summed E-state index contributed by atoms with van der Waals surface area (Å²) in [6, 6.07) is 8.11. The first-order valence-electron chi connectivity index (χ1n) is 9.76. The number of carbonyl (C=O) groups excluding carboxylic acids is 1. The normalized spacial score (nSPS) is 30.8. The van der Waals surface area contributed by atoms with Crippen LogP contribution in [0.2, 0.25) is 0 Å². The van der Waals surface area contributed by atoms with E-state index in [1.54, 1.807) is 0 Å². The van der Waals surface area contributed by atoms with Crippen molar-refractivity contribution in [2.24, 2.45) is 23.5 Å². The molecule has 2 heterocycles. The van der Waals surface area contributed by atoms with Gasteiger partial charge >= 0.3 is 0 Å². The molecular formula is C20H23FN6O. The van der Waals surface area contributed by atoms with Crippen LogP contribution in [-0.2, 0) is 11.2 Å². The number of halogens is 1. The van der Waals surface area contributed by atoms with Crippen LogP contribution in [0.3, 0.4) is 0 Å². The number of carbonyl (C=O) groups is 1. The molecule has 1 aliphatic heterocycles. The van der Waals surface area contributed by atoms with E-state index in [-0.39, 0.29) is 41.6 Å². The third-order valence-corrected chi connectivity index (χ3v) is 6.38. The standard InChI is InChI=1S/C20H23FN6O/c21-14-9-24-20-25-12-3-1-2-10(6-12)4-5-23-15-8-11-7-13(15)17(16(11)18(22)28)26-19(14)27-20/h1-3,6,9,11,13,15-17,23H,4-5,7-8H2,(H2,22,28)(H2,24,25,26,27). The van der Waals surface area contributed by atoms with Gasteiger partial charge in [-0.3, -0.25) is 4.79 Å². The lowest BCUT2D eigenvalue weighted by atomic mass is 9.81. The molecule has 8 heteroatoms. The molecule has 6 bridgehead atoms. The average molecular weight is 382 g/mol. The highest BCUT2D eigenvalue weighted by Gasteiger charge is 2.54. The van der Waals surface area contributed by atoms with Gasteiger partial charge in [0, 0.05) is 17.8 Å². The molecule has 3 aliphatic rings. The van der Waals surface area contributed by atoms with Gasteiger partial charge in [0.2, 0.25) is 11.9 Å². The van der Waals surface area contributed by atoms with Crippen molar-refractivity contribution in [3.05, 3.63) is 41.8 Å². The Bertz CT molecular complexity index is 921. The van der Waals surface area contributed by atoms with E-state index in [4.69, 9.17) is 5.73 Å². The van der Waals surface area contributed by atoms with Crippen LogP contribution in [0.15, 0.2) is 30.5 Å². The Morgan fingerprint density at radius 1 is 1.29 bits per heavy atom. The van der Waals surface area contributed by atoms with Crippen molar-refractivity contribution in [2.45, 2.75) is 31.3 Å². The molecule has 5 rings (SSSR count). The van der Waals surface area contributed by atoms with Crippen molar-refractivity contribution in [3.63, 3.8) is 0 Å². The molecule has 1 amide bonds. The minimum atomic E-state index is -0.540. The molecule has 1 aromatic carbocycles. The van der Waals surface area contributed by atoms with Crippen molar-refractivity contribution >= 4 is 23.4 Å². The van der Waals surface area contributed by atoms with E-state index in [9.17, 15) is 9.18 Å². The molecular weight excluding hydrogens is 359 g/mol. The van der Waals surface area contributed by atoms with Crippen LogP contribution in [0.25, 0.3) is 0 Å². The number of amides is 1. The summed E-state index contributed by atoms with van der Waals surface area (Å²) in [4.78, 5) is 20.5. The van der Waals surface area contributed by atoms with E-state index in [1.165, 1.54) is 5.56 Å².